The normalized spacial score (nSPS) is 13.7. The molecular formula is C14H23FN2O2S. The van der Waals surface area contributed by atoms with Crippen LogP contribution in [0.5, 0.6) is 0 Å². The smallest absolute Gasteiger partial charge is 0.240 e. The minimum absolute atomic E-state index is 0.0612. The summed E-state index contributed by atoms with van der Waals surface area (Å²) < 4.78 is 40.0. The summed E-state index contributed by atoms with van der Waals surface area (Å²) in [7, 11) is -3.69. The van der Waals surface area contributed by atoms with E-state index in [-0.39, 0.29) is 16.6 Å². The van der Waals surface area contributed by atoms with Gasteiger partial charge >= 0.3 is 0 Å². The van der Waals surface area contributed by atoms with Gasteiger partial charge in [-0.1, -0.05) is 26.7 Å². The van der Waals surface area contributed by atoms with Gasteiger partial charge in [0, 0.05) is 6.04 Å². The zero-order valence-electron chi connectivity index (χ0n) is 12.2. The third kappa shape index (κ3) is 5.09. The third-order valence-corrected chi connectivity index (χ3v) is 4.64. The van der Waals surface area contributed by atoms with E-state index in [0.29, 0.717) is 5.92 Å². The first-order valence-corrected chi connectivity index (χ1v) is 8.28. The summed E-state index contributed by atoms with van der Waals surface area (Å²) in [5.41, 5.74) is 5.28. The standard InChI is InChI=1S/C14H23FN2O2S/c1-10(2)5-4-6-11(3)17-20(18,19)12-7-8-14(16)13(15)9-12/h7-11,17H,4-6,16H2,1-3H3. The molecule has 0 bridgehead atoms. The first kappa shape index (κ1) is 16.9. The second-order valence-electron chi connectivity index (χ2n) is 5.53. The van der Waals surface area contributed by atoms with E-state index >= 15 is 0 Å². The van der Waals surface area contributed by atoms with Crippen LogP contribution in [0.1, 0.15) is 40.0 Å². The number of sulfonamides is 1. The summed E-state index contributed by atoms with van der Waals surface area (Å²) in [5.74, 6) is -0.120. The van der Waals surface area contributed by atoms with Crippen molar-refractivity contribution in [3.05, 3.63) is 24.0 Å². The highest BCUT2D eigenvalue weighted by Crippen LogP contribution is 2.17. The Morgan fingerprint density at radius 2 is 1.90 bits per heavy atom. The molecule has 0 radical (unpaired) electrons. The molecule has 0 aliphatic carbocycles. The molecule has 0 fully saturated rings. The third-order valence-electron chi connectivity index (χ3n) is 3.06. The van der Waals surface area contributed by atoms with Crippen LogP contribution in [-0.2, 0) is 10.0 Å². The van der Waals surface area contributed by atoms with Gasteiger partial charge in [0.15, 0.2) is 0 Å². The van der Waals surface area contributed by atoms with E-state index in [9.17, 15) is 12.8 Å². The fourth-order valence-electron chi connectivity index (χ4n) is 1.90. The monoisotopic (exact) mass is 302 g/mol. The molecule has 4 nitrogen and oxygen atoms in total. The van der Waals surface area contributed by atoms with Gasteiger partial charge in [-0.25, -0.2) is 17.5 Å². The predicted molar refractivity (Wildman–Crippen MR) is 79.3 cm³/mol. The molecule has 114 valence electrons. The summed E-state index contributed by atoms with van der Waals surface area (Å²) in [6, 6.07) is 3.33. The van der Waals surface area contributed by atoms with Crippen molar-refractivity contribution in [2.24, 2.45) is 5.92 Å². The molecular weight excluding hydrogens is 279 g/mol. The van der Waals surface area contributed by atoms with E-state index in [4.69, 9.17) is 5.73 Å². The maximum atomic E-state index is 13.3. The average Bonchev–Trinajstić information content (AvgIpc) is 2.31. The van der Waals surface area contributed by atoms with E-state index < -0.39 is 15.8 Å². The average molecular weight is 302 g/mol. The van der Waals surface area contributed by atoms with Crippen molar-refractivity contribution in [2.75, 3.05) is 5.73 Å². The molecule has 0 aliphatic heterocycles. The van der Waals surface area contributed by atoms with Crippen LogP contribution in [-0.4, -0.2) is 14.5 Å². The number of rotatable bonds is 7. The zero-order chi connectivity index (χ0) is 15.3. The number of nitrogens with two attached hydrogens (primary N) is 1. The van der Waals surface area contributed by atoms with Gasteiger partial charge in [-0.05, 0) is 37.5 Å². The number of hydrogen-bond acceptors (Lipinski definition) is 3. The van der Waals surface area contributed by atoms with Crippen LogP contribution in [0, 0.1) is 11.7 Å². The fourth-order valence-corrected chi connectivity index (χ4v) is 3.19. The number of benzene rings is 1. The number of halogens is 1. The first-order valence-electron chi connectivity index (χ1n) is 6.79. The molecule has 1 unspecified atom stereocenters. The van der Waals surface area contributed by atoms with Crippen LogP contribution in [0.25, 0.3) is 0 Å². The van der Waals surface area contributed by atoms with Gasteiger partial charge in [-0.15, -0.1) is 0 Å². The molecule has 0 saturated carbocycles. The van der Waals surface area contributed by atoms with Crippen molar-refractivity contribution in [2.45, 2.75) is 51.0 Å². The lowest BCUT2D eigenvalue weighted by Crippen LogP contribution is -2.32. The van der Waals surface area contributed by atoms with E-state index in [1.807, 2.05) is 6.92 Å². The molecule has 6 heteroatoms. The lowest BCUT2D eigenvalue weighted by molar-refractivity contribution is 0.488. The van der Waals surface area contributed by atoms with Crippen molar-refractivity contribution in [1.29, 1.82) is 0 Å². The molecule has 0 aliphatic rings. The summed E-state index contributed by atoms with van der Waals surface area (Å²) in [4.78, 5) is -0.0973. The Morgan fingerprint density at radius 1 is 1.25 bits per heavy atom. The van der Waals surface area contributed by atoms with Crippen molar-refractivity contribution in [3.63, 3.8) is 0 Å². The van der Waals surface area contributed by atoms with Crippen molar-refractivity contribution < 1.29 is 12.8 Å². The van der Waals surface area contributed by atoms with E-state index in [1.54, 1.807) is 0 Å². The van der Waals surface area contributed by atoms with Crippen LogP contribution >= 0.6 is 0 Å². The van der Waals surface area contributed by atoms with Gasteiger partial charge in [-0.3, -0.25) is 0 Å². The molecule has 0 aromatic heterocycles. The molecule has 1 rings (SSSR count). The van der Waals surface area contributed by atoms with Crippen molar-refractivity contribution in [3.8, 4) is 0 Å². The van der Waals surface area contributed by atoms with Gasteiger partial charge in [0.25, 0.3) is 0 Å². The van der Waals surface area contributed by atoms with Gasteiger partial charge in [0.1, 0.15) is 5.82 Å². The minimum Gasteiger partial charge on any atom is -0.396 e. The first-order chi connectivity index (χ1) is 9.22. The van der Waals surface area contributed by atoms with E-state index in [1.165, 1.54) is 12.1 Å². The number of anilines is 1. The van der Waals surface area contributed by atoms with E-state index in [0.717, 1.165) is 25.3 Å². The second-order valence-corrected chi connectivity index (χ2v) is 7.24. The highest BCUT2D eigenvalue weighted by Gasteiger charge is 2.18. The molecule has 1 aromatic rings. The largest absolute Gasteiger partial charge is 0.396 e. The van der Waals surface area contributed by atoms with E-state index in [2.05, 4.69) is 18.6 Å². The molecule has 20 heavy (non-hydrogen) atoms. The Balaban J connectivity index is 2.67. The second kappa shape index (κ2) is 7.04. The lowest BCUT2D eigenvalue weighted by atomic mass is 10.0. The Morgan fingerprint density at radius 3 is 2.45 bits per heavy atom. The van der Waals surface area contributed by atoms with Crippen LogP contribution in [0.2, 0.25) is 0 Å². The van der Waals surface area contributed by atoms with Crippen molar-refractivity contribution >= 4 is 15.7 Å². The van der Waals surface area contributed by atoms with Gasteiger partial charge in [0.05, 0.1) is 10.6 Å². The molecule has 3 N–H and O–H groups in total. The summed E-state index contributed by atoms with van der Waals surface area (Å²) in [5, 5.41) is 0. The van der Waals surface area contributed by atoms with Gasteiger partial charge < -0.3 is 5.73 Å². The molecule has 0 saturated heterocycles. The highest BCUT2D eigenvalue weighted by atomic mass is 32.2. The highest BCUT2D eigenvalue weighted by molar-refractivity contribution is 7.89. The Kier molecular flexibility index (Phi) is 5.95. The topological polar surface area (TPSA) is 72.2 Å². The van der Waals surface area contributed by atoms with Gasteiger partial charge in [-0.2, -0.15) is 0 Å². The summed E-state index contributed by atoms with van der Waals surface area (Å²) in [6.45, 7) is 6.07. The molecule has 0 heterocycles. The molecule has 0 amide bonds. The maximum absolute atomic E-state index is 13.3. The zero-order valence-corrected chi connectivity index (χ0v) is 13.0. The number of nitrogens with one attached hydrogen (secondary N) is 1. The van der Waals surface area contributed by atoms with Crippen LogP contribution < -0.4 is 10.5 Å². The van der Waals surface area contributed by atoms with Crippen molar-refractivity contribution in [1.82, 2.24) is 4.72 Å². The molecule has 0 spiro atoms. The molecule has 1 atom stereocenters. The lowest BCUT2D eigenvalue weighted by Gasteiger charge is -2.15. The van der Waals surface area contributed by atoms with Crippen LogP contribution in [0.15, 0.2) is 23.1 Å². The SMILES string of the molecule is CC(C)CCCC(C)NS(=O)(=O)c1ccc(N)c(F)c1. The fraction of sp³-hybridized carbons (Fsp3) is 0.571. The van der Waals surface area contributed by atoms with Crippen LogP contribution in [0.3, 0.4) is 0 Å². The summed E-state index contributed by atoms with van der Waals surface area (Å²) >= 11 is 0. The maximum Gasteiger partial charge on any atom is 0.240 e. The Hall–Kier alpha value is -1.14. The Bertz CT molecular complexity index is 544. The number of hydrogen-bond donors (Lipinski definition) is 2. The molecule has 1 aromatic carbocycles. The minimum atomic E-state index is -3.69. The van der Waals surface area contributed by atoms with Crippen LogP contribution in [0.4, 0.5) is 10.1 Å². The Labute approximate surface area is 120 Å². The quantitative estimate of drug-likeness (QED) is 0.761. The predicted octanol–water partition coefficient (Wildman–Crippen LogP) is 2.90. The number of nitrogen functional groups attached to an aromatic ring is 1. The van der Waals surface area contributed by atoms with Gasteiger partial charge in [0.2, 0.25) is 10.0 Å². The summed E-state index contributed by atoms with van der Waals surface area (Å²) in [6.07, 6.45) is 2.77.